The first-order valence-corrected chi connectivity index (χ1v) is 7.05. The van der Waals surface area contributed by atoms with Crippen LogP contribution < -0.4 is 10.2 Å². The molecule has 0 atom stereocenters. The number of nitrogens with one attached hydrogen (secondary N) is 1. The lowest BCUT2D eigenvalue weighted by Crippen LogP contribution is -2.17. The van der Waals surface area contributed by atoms with Gasteiger partial charge in [-0.2, -0.15) is 5.10 Å². The predicted molar refractivity (Wildman–Crippen MR) is 87.4 cm³/mol. The smallest absolute Gasteiger partial charge is 0.271 e. The number of hydrogen-bond acceptors (Lipinski definition) is 6. The number of amides is 1. The van der Waals surface area contributed by atoms with Crippen LogP contribution in [0.1, 0.15) is 22.8 Å². The SMILES string of the molecule is CCOc1cccc(/C=N\NC(=O)c2cccc([N+](=O)[O-])c2)c1O. The highest BCUT2D eigenvalue weighted by molar-refractivity contribution is 5.95. The minimum absolute atomic E-state index is 0.0901. The van der Waals surface area contributed by atoms with Gasteiger partial charge in [-0.15, -0.1) is 0 Å². The summed E-state index contributed by atoms with van der Waals surface area (Å²) in [7, 11) is 0. The van der Waals surface area contributed by atoms with Gasteiger partial charge in [0.1, 0.15) is 0 Å². The molecular formula is C16H15N3O5. The average molecular weight is 329 g/mol. The van der Waals surface area contributed by atoms with Crippen LogP contribution in [-0.2, 0) is 0 Å². The Hall–Kier alpha value is -3.42. The first kappa shape index (κ1) is 16.9. The Kier molecular flexibility index (Phi) is 5.45. The minimum atomic E-state index is -0.601. The second-order valence-electron chi connectivity index (χ2n) is 4.63. The Balaban J connectivity index is 2.09. The molecule has 124 valence electrons. The van der Waals surface area contributed by atoms with Crippen molar-refractivity contribution in [2.45, 2.75) is 6.92 Å². The number of nitrogens with zero attached hydrogens (tertiary/aromatic N) is 2. The number of carbonyl (C=O) groups excluding carboxylic acids is 1. The number of hydrazone groups is 1. The summed E-state index contributed by atoms with van der Waals surface area (Å²) in [6.07, 6.45) is 1.26. The lowest BCUT2D eigenvalue weighted by Gasteiger charge is -2.07. The van der Waals surface area contributed by atoms with Crippen molar-refractivity contribution < 1.29 is 19.6 Å². The molecule has 0 bridgehead atoms. The van der Waals surface area contributed by atoms with Gasteiger partial charge in [0.15, 0.2) is 11.5 Å². The molecule has 0 aromatic heterocycles. The molecule has 2 N–H and O–H groups in total. The van der Waals surface area contributed by atoms with E-state index in [0.717, 1.165) is 6.07 Å². The fraction of sp³-hybridized carbons (Fsp3) is 0.125. The fourth-order valence-electron chi connectivity index (χ4n) is 1.90. The molecule has 0 unspecified atom stereocenters. The summed E-state index contributed by atoms with van der Waals surface area (Å²) in [6, 6.07) is 10.2. The monoisotopic (exact) mass is 329 g/mol. The molecule has 2 rings (SSSR count). The van der Waals surface area contributed by atoms with Crippen LogP contribution in [-0.4, -0.2) is 28.8 Å². The van der Waals surface area contributed by atoms with E-state index in [1.54, 1.807) is 25.1 Å². The highest BCUT2D eigenvalue weighted by atomic mass is 16.6. The Bertz CT molecular complexity index is 789. The number of non-ortho nitro benzene ring substituents is 1. The van der Waals surface area contributed by atoms with Crippen molar-refractivity contribution in [1.82, 2.24) is 5.43 Å². The Morgan fingerprint density at radius 1 is 1.38 bits per heavy atom. The third kappa shape index (κ3) is 4.07. The van der Waals surface area contributed by atoms with E-state index in [0.29, 0.717) is 17.9 Å². The predicted octanol–water partition coefficient (Wildman–Crippen LogP) is 2.46. The number of rotatable bonds is 6. The number of phenolic OH excluding ortho intramolecular Hbond substituents is 1. The van der Waals surface area contributed by atoms with Crippen LogP contribution in [0.2, 0.25) is 0 Å². The zero-order chi connectivity index (χ0) is 17.5. The van der Waals surface area contributed by atoms with Gasteiger partial charge >= 0.3 is 0 Å². The maximum absolute atomic E-state index is 11.9. The van der Waals surface area contributed by atoms with Gasteiger partial charge in [0.25, 0.3) is 11.6 Å². The van der Waals surface area contributed by atoms with E-state index in [2.05, 4.69) is 10.5 Å². The van der Waals surface area contributed by atoms with Crippen LogP contribution >= 0.6 is 0 Å². The summed E-state index contributed by atoms with van der Waals surface area (Å²) in [5.41, 5.74) is 2.53. The number of ether oxygens (including phenoxy) is 1. The number of aromatic hydroxyl groups is 1. The van der Waals surface area contributed by atoms with Gasteiger partial charge in [-0.3, -0.25) is 14.9 Å². The molecule has 2 aromatic carbocycles. The zero-order valence-corrected chi connectivity index (χ0v) is 12.8. The van der Waals surface area contributed by atoms with Crippen molar-refractivity contribution in [3.8, 4) is 11.5 Å². The molecule has 0 heterocycles. The van der Waals surface area contributed by atoms with Gasteiger partial charge in [0.2, 0.25) is 0 Å². The number of hydrogen-bond donors (Lipinski definition) is 2. The summed E-state index contributed by atoms with van der Waals surface area (Å²) >= 11 is 0. The van der Waals surface area contributed by atoms with Crippen molar-refractivity contribution >= 4 is 17.8 Å². The van der Waals surface area contributed by atoms with Crippen LogP contribution in [0.5, 0.6) is 11.5 Å². The Labute approximate surface area is 137 Å². The van der Waals surface area contributed by atoms with Crippen LogP contribution in [0, 0.1) is 10.1 Å². The Morgan fingerprint density at radius 3 is 2.83 bits per heavy atom. The van der Waals surface area contributed by atoms with Crippen molar-refractivity contribution in [1.29, 1.82) is 0 Å². The molecule has 24 heavy (non-hydrogen) atoms. The maximum Gasteiger partial charge on any atom is 0.271 e. The van der Waals surface area contributed by atoms with E-state index in [-0.39, 0.29) is 17.0 Å². The molecule has 0 saturated carbocycles. The molecule has 8 nitrogen and oxygen atoms in total. The van der Waals surface area contributed by atoms with Crippen LogP contribution in [0.15, 0.2) is 47.6 Å². The molecule has 8 heteroatoms. The molecular weight excluding hydrogens is 314 g/mol. The normalized spacial score (nSPS) is 10.5. The average Bonchev–Trinajstić information content (AvgIpc) is 2.58. The first-order valence-electron chi connectivity index (χ1n) is 7.05. The van der Waals surface area contributed by atoms with Crippen LogP contribution in [0.25, 0.3) is 0 Å². The van der Waals surface area contributed by atoms with Crippen molar-refractivity contribution in [3.05, 3.63) is 63.7 Å². The first-order chi connectivity index (χ1) is 11.5. The molecule has 0 aliphatic heterocycles. The van der Waals surface area contributed by atoms with E-state index < -0.39 is 10.8 Å². The number of benzene rings is 2. The highest BCUT2D eigenvalue weighted by Crippen LogP contribution is 2.28. The van der Waals surface area contributed by atoms with E-state index in [1.807, 2.05) is 0 Å². The van der Waals surface area contributed by atoms with Crippen LogP contribution in [0.3, 0.4) is 0 Å². The lowest BCUT2D eigenvalue weighted by atomic mass is 10.2. The van der Waals surface area contributed by atoms with Crippen molar-refractivity contribution in [2.24, 2.45) is 5.10 Å². The maximum atomic E-state index is 11.9. The van der Waals surface area contributed by atoms with Crippen molar-refractivity contribution in [2.75, 3.05) is 6.61 Å². The van der Waals surface area contributed by atoms with Crippen LogP contribution in [0.4, 0.5) is 5.69 Å². The summed E-state index contributed by atoms with van der Waals surface area (Å²) in [5.74, 6) is -0.380. The second kappa shape index (κ2) is 7.73. The third-order valence-electron chi connectivity index (χ3n) is 3.02. The molecule has 0 fully saturated rings. The van der Waals surface area contributed by atoms with Crippen molar-refractivity contribution in [3.63, 3.8) is 0 Å². The molecule has 0 saturated heterocycles. The van der Waals surface area contributed by atoms with Gasteiger partial charge in [-0.1, -0.05) is 12.1 Å². The topological polar surface area (TPSA) is 114 Å². The molecule has 2 aromatic rings. The summed E-state index contributed by atoms with van der Waals surface area (Å²) in [5, 5.41) is 24.4. The van der Waals surface area contributed by atoms with E-state index in [4.69, 9.17) is 4.74 Å². The number of nitro groups is 1. The summed E-state index contributed by atoms with van der Waals surface area (Å²) in [4.78, 5) is 22.0. The molecule has 0 spiro atoms. The summed E-state index contributed by atoms with van der Waals surface area (Å²) < 4.78 is 5.25. The second-order valence-corrected chi connectivity index (χ2v) is 4.63. The lowest BCUT2D eigenvalue weighted by molar-refractivity contribution is -0.384. The molecule has 0 radical (unpaired) electrons. The van der Waals surface area contributed by atoms with Gasteiger partial charge in [-0.25, -0.2) is 5.43 Å². The molecule has 0 aliphatic carbocycles. The number of carbonyl (C=O) groups is 1. The van der Waals surface area contributed by atoms with E-state index in [9.17, 15) is 20.0 Å². The number of nitro benzene ring substituents is 1. The summed E-state index contributed by atoms with van der Waals surface area (Å²) in [6.45, 7) is 2.19. The van der Waals surface area contributed by atoms with Gasteiger partial charge < -0.3 is 9.84 Å². The highest BCUT2D eigenvalue weighted by Gasteiger charge is 2.11. The van der Waals surface area contributed by atoms with Gasteiger partial charge in [0, 0.05) is 23.3 Å². The Morgan fingerprint density at radius 2 is 2.12 bits per heavy atom. The van der Waals surface area contributed by atoms with E-state index in [1.165, 1.54) is 24.4 Å². The van der Waals surface area contributed by atoms with E-state index >= 15 is 0 Å². The van der Waals surface area contributed by atoms with Gasteiger partial charge in [0.05, 0.1) is 17.7 Å². The fourth-order valence-corrected chi connectivity index (χ4v) is 1.90. The molecule has 1 amide bonds. The zero-order valence-electron chi connectivity index (χ0n) is 12.8. The quantitative estimate of drug-likeness (QED) is 0.480. The molecule has 0 aliphatic rings. The largest absolute Gasteiger partial charge is 0.504 e. The van der Waals surface area contributed by atoms with Gasteiger partial charge in [-0.05, 0) is 25.1 Å². The standard InChI is InChI=1S/C16H15N3O5/c1-2-24-14-8-4-6-12(15(14)20)10-17-18-16(21)11-5-3-7-13(9-11)19(22)23/h3-10,20H,2H2,1H3,(H,18,21)/b17-10-. The number of phenols is 1. The third-order valence-corrected chi connectivity index (χ3v) is 3.02. The number of para-hydroxylation sites is 1. The minimum Gasteiger partial charge on any atom is -0.504 e.